The fourth-order valence-corrected chi connectivity index (χ4v) is 2.80. The largest absolute Gasteiger partial charge is 0.344 e. The van der Waals surface area contributed by atoms with Gasteiger partial charge >= 0.3 is 6.03 Å². The molecule has 1 atom stereocenters. The molecule has 1 aliphatic heterocycles. The quantitative estimate of drug-likeness (QED) is 0.825. The Hall–Kier alpha value is -2.93. The van der Waals surface area contributed by atoms with Gasteiger partial charge in [0.05, 0.1) is 10.6 Å². The van der Waals surface area contributed by atoms with Gasteiger partial charge in [0, 0.05) is 0 Å². The summed E-state index contributed by atoms with van der Waals surface area (Å²) in [5.74, 6) is -2.05. The van der Waals surface area contributed by atoms with Crippen LogP contribution in [0.25, 0.3) is 0 Å². The van der Waals surface area contributed by atoms with Gasteiger partial charge < -0.3 is 5.32 Å². The molecule has 0 spiro atoms. The second kappa shape index (κ2) is 6.18. The minimum Gasteiger partial charge on any atom is -0.318 e. The van der Waals surface area contributed by atoms with E-state index in [0.29, 0.717) is 10.6 Å². The summed E-state index contributed by atoms with van der Waals surface area (Å²) >= 11 is 5.83. The molecule has 0 radical (unpaired) electrons. The number of halogens is 2. The molecule has 2 N–H and O–H groups in total. The summed E-state index contributed by atoms with van der Waals surface area (Å²) in [6.07, 6.45) is 0. The van der Waals surface area contributed by atoms with Crippen molar-refractivity contribution in [2.24, 2.45) is 0 Å². The summed E-state index contributed by atoms with van der Waals surface area (Å²) in [7, 11) is 0. The molecule has 128 valence electrons. The monoisotopic (exact) mass is 361 g/mol. The normalized spacial score (nSPS) is 19.7. The van der Waals surface area contributed by atoms with Crippen LogP contribution >= 0.6 is 11.6 Å². The van der Waals surface area contributed by atoms with E-state index in [-0.39, 0.29) is 10.6 Å². The molecule has 2 aromatic rings. The average molecular weight is 362 g/mol. The summed E-state index contributed by atoms with van der Waals surface area (Å²) in [5.41, 5.74) is 1.41. The lowest BCUT2D eigenvalue weighted by atomic mass is 9.92. The Kier molecular flexibility index (Phi) is 4.18. The standard InChI is InChI=1S/C17H13ClFN3O3/c1-17(10-5-3-2-4-6-10)15(24)22(16(25)20-17)21-14(23)12-8-7-11(19)9-13(12)18/h2-9H,1H3,(H,20,25)(H,21,23). The number of nitrogens with one attached hydrogen (secondary N) is 2. The van der Waals surface area contributed by atoms with Crippen LogP contribution in [-0.4, -0.2) is 22.9 Å². The van der Waals surface area contributed by atoms with Gasteiger partial charge in [0.15, 0.2) is 0 Å². The number of amides is 4. The number of carbonyl (C=O) groups excluding carboxylic acids is 3. The predicted octanol–water partition coefficient (Wildman–Crippen LogP) is 2.59. The average Bonchev–Trinajstić information content (AvgIpc) is 2.80. The summed E-state index contributed by atoms with van der Waals surface area (Å²) in [4.78, 5) is 37.1. The maximum atomic E-state index is 13.1. The van der Waals surface area contributed by atoms with Gasteiger partial charge in [-0.2, -0.15) is 5.01 Å². The van der Waals surface area contributed by atoms with Crippen molar-refractivity contribution < 1.29 is 18.8 Å². The molecule has 4 amide bonds. The minimum absolute atomic E-state index is 0.0584. The first-order valence-corrected chi connectivity index (χ1v) is 7.69. The Morgan fingerprint density at radius 3 is 2.52 bits per heavy atom. The van der Waals surface area contributed by atoms with Crippen LogP contribution in [0.1, 0.15) is 22.8 Å². The lowest BCUT2D eigenvalue weighted by Gasteiger charge is -2.22. The third-order valence-corrected chi connectivity index (χ3v) is 4.24. The zero-order valence-electron chi connectivity index (χ0n) is 13.0. The Morgan fingerprint density at radius 2 is 1.88 bits per heavy atom. The molecule has 1 aliphatic rings. The molecule has 1 saturated heterocycles. The lowest BCUT2D eigenvalue weighted by Crippen LogP contribution is -2.48. The van der Waals surface area contributed by atoms with Crippen LogP contribution < -0.4 is 10.7 Å². The van der Waals surface area contributed by atoms with Crippen molar-refractivity contribution in [3.05, 3.63) is 70.5 Å². The van der Waals surface area contributed by atoms with Crippen LogP contribution in [0.2, 0.25) is 5.02 Å². The number of benzene rings is 2. The number of urea groups is 1. The fraction of sp³-hybridized carbons (Fsp3) is 0.118. The minimum atomic E-state index is -1.31. The Labute approximate surface area is 147 Å². The van der Waals surface area contributed by atoms with E-state index in [1.807, 2.05) is 0 Å². The zero-order valence-corrected chi connectivity index (χ0v) is 13.8. The molecule has 0 aromatic heterocycles. The molecule has 1 heterocycles. The first-order chi connectivity index (χ1) is 11.8. The number of hydrazine groups is 1. The van der Waals surface area contributed by atoms with Crippen molar-refractivity contribution in [3.63, 3.8) is 0 Å². The number of imide groups is 1. The van der Waals surface area contributed by atoms with Crippen molar-refractivity contribution in [3.8, 4) is 0 Å². The molecule has 0 saturated carbocycles. The van der Waals surface area contributed by atoms with Crippen molar-refractivity contribution in [2.75, 3.05) is 0 Å². The topological polar surface area (TPSA) is 78.5 Å². The smallest absolute Gasteiger partial charge is 0.318 e. The molecular formula is C17H13ClFN3O3. The van der Waals surface area contributed by atoms with Crippen molar-refractivity contribution in [1.29, 1.82) is 0 Å². The van der Waals surface area contributed by atoms with Gasteiger partial charge in [0.1, 0.15) is 11.4 Å². The third kappa shape index (κ3) is 2.94. The van der Waals surface area contributed by atoms with Gasteiger partial charge in [-0.15, -0.1) is 0 Å². The molecule has 6 nitrogen and oxygen atoms in total. The number of hydrogen-bond acceptors (Lipinski definition) is 3. The Morgan fingerprint density at radius 1 is 1.20 bits per heavy atom. The number of nitrogens with zero attached hydrogens (tertiary/aromatic N) is 1. The summed E-state index contributed by atoms with van der Waals surface area (Å²) < 4.78 is 13.1. The molecule has 1 unspecified atom stereocenters. The predicted molar refractivity (Wildman–Crippen MR) is 88.0 cm³/mol. The third-order valence-electron chi connectivity index (χ3n) is 3.93. The van der Waals surface area contributed by atoms with Gasteiger partial charge in [0.2, 0.25) is 0 Å². The highest BCUT2D eigenvalue weighted by atomic mass is 35.5. The summed E-state index contributed by atoms with van der Waals surface area (Å²) in [6.45, 7) is 1.54. The first kappa shape index (κ1) is 16.9. The summed E-state index contributed by atoms with van der Waals surface area (Å²) in [6, 6.07) is 11.1. The van der Waals surface area contributed by atoms with Crippen LogP contribution in [0.15, 0.2) is 48.5 Å². The Bertz CT molecular complexity index is 875. The van der Waals surface area contributed by atoms with Crippen LogP contribution in [0.3, 0.4) is 0 Å². The second-order valence-corrected chi connectivity index (χ2v) is 6.03. The molecule has 0 aliphatic carbocycles. The molecule has 3 rings (SSSR count). The van der Waals surface area contributed by atoms with Gasteiger partial charge in [-0.05, 0) is 30.7 Å². The summed E-state index contributed by atoms with van der Waals surface area (Å²) in [5, 5.41) is 3.02. The zero-order chi connectivity index (χ0) is 18.2. The van der Waals surface area contributed by atoms with E-state index in [0.717, 1.165) is 12.1 Å². The first-order valence-electron chi connectivity index (χ1n) is 7.31. The highest BCUT2D eigenvalue weighted by molar-refractivity contribution is 6.33. The van der Waals surface area contributed by atoms with Crippen LogP contribution in [0, 0.1) is 5.82 Å². The van der Waals surface area contributed by atoms with Gasteiger partial charge in [-0.25, -0.2) is 9.18 Å². The van der Waals surface area contributed by atoms with E-state index in [9.17, 15) is 18.8 Å². The number of rotatable bonds is 3. The molecular weight excluding hydrogens is 349 g/mol. The maximum absolute atomic E-state index is 13.1. The van der Waals surface area contributed by atoms with E-state index in [2.05, 4.69) is 10.7 Å². The van der Waals surface area contributed by atoms with Gasteiger partial charge in [0.25, 0.3) is 11.8 Å². The fourth-order valence-electron chi connectivity index (χ4n) is 2.54. The molecule has 25 heavy (non-hydrogen) atoms. The van der Waals surface area contributed by atoms with E-state index in [4.69, 9.17) is 11.6 Å². The van der Waals surface area contributed by atoms with Crippen LogP contribution in [-0.2, 0) is 10.3 Å². The molecule has 2 aromatic carbocycles. The molecule has 8 heteroatoms. The van der Waals surface area contributed by atoms with E-state index in [1.54, 1.807) is 37.3 Å². The van der Waals surface area contributed by atoms with Crippen molar-refractivity contribution in [1.82, 2.24) is 15.8 Å². The van der Waals surface area contributed by atoms with Gasteiger partial charge in [-0.1, -0.05) is 41.9 Å². The number of carbonyl (C=O) groups is 3. The van der Waals surface area contributed by atoms with Crippen molar-refractivity contribution >= 4 is 29.4 Å². The lowest BCUT2D eigenvalue weighted by molar-refractivity contribution is -0.132. The van der Waals surface area contributed by atoms with E-state index in [1.165, 1.54) is 6.07 Å². The SMILES string of the molecule is CC1(c2ccccc2)NC(=O)N(NC(=O)c2ccc(F)cc2Cl)C1=O. The maximum Gasteiger partial charge on any atom is 0.344 e. The highest BCUT2D eigenvalue weighted by Crippen LogP contribution is 2.28. The number of hydrogen-bond donors (Lipinski definition) is 2. The highest BCUT2D eigenvalue weighted by Gasteiger charge is 2.50. The van der Waals surface area contributed by atoms with Gasteiger partial charge in [-0.3, -0.25) is 15.0 Å². The second-order valence-electron chi connectivity index (χ2n) is 5.63. The van der Waals surface area contributed by atoms with E-state index >= 15 is 0 Å². The Balaban J connectivity index is 1.85. The van der Waals surface area contributed by atoms with Crippen LogP contribution in [0.4, 0.5) is 9.18 Å². The van der Waals surface area contributed by atoms with E-state index < -0.39 is 29.2 Å². The van der Waals surface area contributed by atoms with Crippen LogP contribution in [0.5, 0.6) is 0 Å². The molecule has 1 fully saturated rings. The van der Waals surface area contributed by atoms with Crippen molar-refractivity contribution in [2.45, 2.75) is 12.5 Å². The molecule has 0 bridgehead atoms.